The molecule has 108 valence electrons. The van der Waals surface area contributed by atoms with Crippen LogP contribution in [0.5, 0.6) is 0 Å². The fraction of sp³-hybridized carbons (Fsp3) is 0.562. The van der Waals surface area contributed by atoms with Crippen molar-refractivity contribution in [2.75, 3.05) is 13.7 Å². The highest BCUT2D eigenvalue weighted by atomic mass is 16.6. The summed E-state index contributed by atoms with van der Waals surface area (Å²) in [7, 11) is 1.40. The number of rotatable bonds is 2. The lowest BCUT2D eigenvalue weighted by Gasteiger charge is -2.45. The first-order valence-corrected chi connectivity index (χ1v) is 7.03. The minimum absolute atomic E-state index is 0.0216. The summed E-state index contributed by atoms with van der Waals surface area (Å²) in [6.45, 7) is 2.35. The zero-order valence-electron chi connectivity index (χ0n) is 11.9. The van der Waals surface area contributed by atoms with Crippen molar-refractivity contribution in [3.63, 3.8) is 0 Å². The molecule has 4 nitrogen and oxygen atoms in total. The van der Waals surface area contributed by atoms with Crippen LogP contribution in [-0.4, -0.2) is 37.5 Å². The molecule has 20 heavy (non-hydrogen) atoms. The molecule has 0 amide bonds. The maximum absolute atomic E-state index is 11.5. The van der Waals surface area contributed by atoms with Gasteiger partial charge in [0.2, 0.25) is 0 Å². The van der Waals surface area contributed by atoms with Gasteiger partial charge in [-0.05, 0) is 18.1 Å². The van der Waals surface area contributed by atoms with E-state index in [-0.39, 0.29) is 24.6 Å². The van der Waals surface area contributed by atoms with Crippen molar-refractivity contribution in [1.29, 1.82) is 0 Å². The fourth-order valence-corrected chi connectivity index (χ4v) is 3.09. The zero-order chi connectivity index (χ0) is 14.2. The van der Waals surface area contributed by atoms with Crippen LogP contribution in [0.15, 0.2) is 24.3 Å². The van der Waals surface area contributed by atoms with Crippen molar-refractivity contribution in [2.24, 2.45) is 0 Å². The SMILES string of the molecule is COC(=O)C[C@@]1(C)CO[C@@H]2Cc3ccccc3C[C@H]2O1. The minimum Gasteiger partial charge on any atom is -0.469 e. The van der Waals surface area contributed by atoms with E-state index in [4.69, 9.17) is 14.2 Å². The smallest absolute Gasteiger partial charge is 0.308 e. The van der Waals surface area contributed by atoms with E-state index < -0.39 is 5.60 Å². The Bertz CT molecular complexity index is 513. The van der Waals surface area contributed by atoms with Crippen LogP contribution in [-0.2, 0) is 31.8 Å². The Morgan fingerprint density at radius 1 is 1.30 bits per heavy atom. The van der Waals surface area contributed by atoms with Gasteiger partial charge in [0.1, 0.15) is 0 Å². The van der Waals surface area contributed by atoms with Gasteiger partial charge in [0.15, 0.2) is 0 Å². The topological polar surface area (TPSA) is 44.8 Å². The molecule has 2 aliphatic rings. The van der Waals surface area contributed by atoms with Crippen LogP contribution < -0.4 is 0 Å². The molecule has 0 aromatic heterocycles. The molecular formula is C16H20O4. The second kappa shape index (κ2) is 5.19. The average molecular weight is 276 g/mol. The molecule has 1 saturated heterocycles. The third-order valence-electron chi connectivity index (χ3n) is 4.16. The van der Waals surface area contributed by atoms with Gasteiger partial charge in [-0.25, -0.2) is 0 Å². The van der Waals surface area contributed by atoms with Crippen molar-refractivity contribution in [1.82, 2.24) is 0 Å². The number of hydrogen-bond donors (Lipinski definition) is 0. The van der Waals surface area contributed by atoms with E-state index in [2.05, 4.69) is 24.3 Å². The number of esters is 1. The number of benzene rings is 1. The van der Waals surface area contributed by atoms with Gasteiger partial charge in [-0.3, -0.25) is 4.79 Å². The van der Waals surface area contributed by atoms with Gasteiger partial charge in [-0.2, -0.15) is 0 Å². The van der Waals surface area contributed by atoms with Gasteiger partial charge in [0, 0.05) is 12.8 Å². The zero-order valence-corrected chi connectivity index (χ0v) is 11.9. The van der Waals surface area contributed by atoms with Crippen LogP contribution in [0.1, 0.15) is 24.5 Å². The third-order valence-corrected chi connectivity index (χ3v) is 4.16. The van der Waals surface area contributed by atoms with Crippen LogP contribution in [0.2, 0.25) is 0 Å². The van der Waals surface area contributed by atoms with E-state index in [0.29, 0.717) is 6.61 Å². The number of carbonyl (C=O) groups excluding carboxylic acids is 1. The predicted molar refractivity (Wildman–Crippen MR) is 73.5 cm³/mol. The monoisotopic (exact) mass is 276 g/mol. The summed E-state index contributed by atoms with van der Waals surface area (Å²) in [5.74, 6) is -0.259. The number of methoxy groups -OCH3 is 1. The summed E-state index contributed by atoms with van der Waals surface area (Å²) in [6, 6.07) is 8.40. The highest BCUT2D eigenvalue weighted by molar-refractivity contribution is 5.70. The summed E-state index contributed by atoms with van der Waals surface area (Å²) >= 11 is 0. The number of hydrogen-bond acceptors (Lipinski definition) is 4. The molecule has 1 aliphatic carbocycles. The lowest BCUT2D eigenvalue weighted by molar-refractivity contribution is -0.230. The van der Waals surface area contributed by atoms with Crippen molar-refractivity contribution < 1.29 is 19.0 Å². The van der Waals surface area contributed by atoms with Crippen molar-refractivity contribution in [3.05, 3.63) is 35.4 Å². The van der Waals surface area contributed by atoms with Crippen LogP contribution in [0, 0.1) is 0 Å². The molecule has 0 bridgehead atoms. The summed E-state index contributed by atoms with van der Waals surface area (Å²) < 4.78 is 16.9. The first-order chi connectivity index (χ1) is 9.59. The molecule has 1 heterocycles. The molecule has 0 unspecified atom stereocenters. The first-order valence-electron chi connectivity index (χ1n) is 7.03. The Morgan fingerprint density at radius 3 is 2.60 bits per heavy atom. The van der Waals surface area contributed by atoms with Crippen LogP contribution >= 0.6 is 0 Å². The second-order valence-electron chi connectivity index (χ2n) is 5.89. The highest BCUT2D eigenvalue weighted by Gasteiger charge is 2.43. The van der Waals surface area contributed by atoms with Crippen molar-refractivity contribution in [2.45, 2.75) is 44.0 Å². The lowest BCUT2D eigenvalue weighted by atomic mass is 9.86. The van der Waals surface area contributed by atoms with E-state index in [9.17, 15) is 4.79 Å². The van der Waals surface area contributed by atoms with Gasteiger partial charge in [0.05, 0.1) is 37.9 Å². The van der Waals surface area contributed by atoms with Crippen LogP contribution in [0.3, 0.4) is 0 Å². The Balaban J connectivity index is 1.74. The molecule has 0 N–H and O–H groups in total. The van der Waals surface area contributed by atoms with Gasteiger partial charge >= 0.3 is 5.97 Å². The summed E-state index contributed by atoms with van der Waals surface area (Å²) in [4.78, 5) is 11.5. The molecule has 1 aromatic carbocycles. The summed E-state index contributed by atoms with van der Waals surface area (Å²) in [6.07, 6.45) is 2.07. The normalized spacial score (nSPS) is 32.1. The van der Waals surface area contributed by atoms with Gasteiger partial charge in [0.25, 0.3) is 0 Å². The highest BCUT2D eigenvalue weighted by Crippen LogP contribution is 2.34. The summed E-state index contributed by atoms with van der Waals surface area (Å²) in [5.41, 5.74) is 2.08. The average Bonchev–Trinajstić information content (AvgIpc) is 2.44. The third kappa shape index (κ3) is 2.58. The molecule has 1 aliphatic heterocycles. The van der Waals surface area contributed by atoms with Gasteiger partial charge in [-0.1, -0.05) is 24.3 Å². The Hall–Kier alpha value is -1.39. The molecule has 0 saturated carbocycles. The largest absolute Gasteiger partial charge is 0.469 e. The van der Waals surface area contributed by atoms with E-state index in [1.807, 2.05) is 6.92 Å². The molecule has 3 rings (SSSR count). The molecule has 1 aromatic rings. The second-order valence-corrected chi connectivity index (χ2v) is 5.89. The fourth-order valence-electron chi connectivity index (χ4n) is 3.09. The van der Waals surface area contributed by atoms with Gasteiger partial charge < -0.3 is 14.2 Å². The maximum Gasteiger partial charge on any atom is 0.308 e. The lowest BCUT2D eigenvalue weighted by Crippen LogP contribution is -2.54. The van der Waals surface area contributed by atoms with Gasteiger partial charge in [-0.15, -0.1) is 0 Å². The molecule has 0 radical (unpaired) electrons. The number of carbonyl (C=O) groups is 1. The Kier molecular flexibility index (Phi) is 3.52. The molecule has 3 atom stereocenters. The van der Waals surface area contributed by atoms with E-state index >= 15 is 0 Å². The molecule has 4 heteroatoms. The first kappa shape index (κ1) is 13.6. The van der Waals surface area contributed by atoms with E-state index in [1.165, 1.54) is 18.2 Å². The molecule has 0 spiro atoms. The molecular weight excluding hydrogens is 256 g/mol. The standard InChI is InChI=1S/C16H20O4/c1-16(9-15(17)18-2)10-19-13-7-11-5-3-4-6-12(11)8-14(13)20-16/h3-6,13-14H,7-10H2,1-2H3/t13-,14-,16+/m1/s1. The van der Waals surface area contributed by atoms with Crippen molar-refractivity contribution in [3.8, 4) is 0 Å². The minimum atomic E-state index is -0.583. The number of ether oxygens (including phenoxy) is 3. The molecule has 1 fully saturated rings. The van der Waals surface area contributed by atoms with Crippen molar-refractivity contribution >= 4 is 5.97 Å². The van der Waals surface area contributed by atoms with Crippen LogP contribution in [0.25, 0.3) is 0 Å². The Labute approximate surface area is 119 Å². The predicted octanol–water partition coefficient (Wildman–Crippen LogP) is 1.89. The maximum atomic E-state index is 11.5. The summed E-state index contributed by atoms with van der Waals surface area (Å²) in [5, 5.41) is 0. The Morgan fingerprint density at radius 2 is 1.95 bits per heavy atom. The quantitative estimate of drug-likeness (QED) is 0.774. The van der Waals surface area contributed by atoms with E-state index in [0.717, 1.165) is 12.8 Å². The number of fused-ring (bicyclic) bond motifs is 2. The van der Waals surface area contributed by atoms with Crippen LogP contribution in [0.4, 0.5) is 0 Å². The van der Waals surface area contributed by atoms with E-state index in [1.54, 1.807) is 0 Å².